The fourth-order valence-corrected chi connectivity index (χ4v) is 5.28. The zero-order valence-corrected chi connectivity index (χ0v) is 19.4. The van der Waals surface area contributed by atoms with E-state index in [0.29, 0.717) is 13.0 Å². The average molecular weight is 479 g/mol. The topological polar surface area (TPSA) is 114 Å². The van der Waals surface area contributed by atoms with Gasteiger partial charge in [-0.3, -0.25) is 9.59 Å². The number of ether oxygens (including phenoxy) is 2. The van der Waals surface area contributed by atoms with E-state index in [9.17, 15) is 14.4 Å². The summed E-state index contributed by atoms with van der Waals surface area (Å²) in [7, 11) is 0. The summed E-state index contributed by atoms with van der Waals surface area (Å²) in [5, 5.41) is 14.8. The average Bonchev–Trinajstić information content (AvgIpc) is 3.51. The maximum absolute atomic E-state index is 12.8. The lowest BCUT2D eigenvalue weighted by Crippen LogP contribution is -2.47. The van der Waals surface area contributed by atoms with Crippen molar-refractivity contribution in [3.63, 3.8) is 0 Å². The van der Waals surface area contributed by atoms with Gasteiger partial charge in [-0.1, -0.05) is 48.5 Å². The zero-order valence-electron chi connectivity index (χ0n) is 19.4. The number of carboxylic acid groups (broad SMARTS) is 1. The Morgan fingerprint density at radius 3 is 2.29 bits per heavy atom. The molecular formula is C27H30N2O6. The number of rotatable bonds is 9. The summed E-state index contributed by atoms with van der Waals surface area (Å²) in [6.45, 7) is 0.896. The number of fused-ring (bicyclic) bond motifs is 3. The van der Waals surface area contributed by atoms with E-state index in [0.717, 1.165) is 24.0 Å². The molecule has 2 fully saturated rings. The van der Waals surface area contributed by atoms with Gasteiger partial charge in [0.1, 0.15) is 12.7 Å². The van der Waals surface area contributed by atoms with Crippen molar-refractivity contribution in [2.24, 2.45) is 11.8 Å². The van der Waals surface area contributed by atoms with Gasteiger partial charge in [0.05, 0.1) is 6.42 Å². The van der Waals surface area contributed by atoms with E-state index in [1.807, 2.05) is 24.3 Å². The fourth-order valence-electron chi connectivity index (χ4n) is 5.28. The highest BCUT2D eigenvalue weighted by atomic mass is 16.5. The number of benzene rings is 2. The van der Waals surface area contributed by atoms with Crippen molar-refractivity contribution in [2.75, 3.05) is 19.8 Å². The number of carboxylic acids is 1. The van der Waals surface area contributed by atoms with Gasteiger partial charge in [0.2, 0.25) is 5.91 Å². The van der Waals surface area contributed by atoms with Crippen molar-refractivity contribution in [3.05, 3.63) is 59.7 Å². The van der Waals surface area contributed by atoms with Crippen LogP contribution < -0.4 is 10.6 Å². The van der Waals surface area contributed by atoms with Gasteiger partial charge in [0.25, 0.3) is 0 Å². The Balaban J connectivity index is 1.13. The lowest BCUT2D eigenvalue weighted by Gasteiger charge is -2.22. The molecule has 3 aliphatic rings. The second kappa shape index (κ2) is 10.1. The van der Waals surface area contributed by atoms with Crippen LogP contribution in [0.5, 0.6) is 0 Å². The third-order valence-electron chi connectivity index (χ3n) is 7.24. The number of hydrogen-bond acceptors (Lipinski definition) is 5. The van der Waals surface area contributed by atoms with Gasteiger partial charge in [-0.2, -0.15) is 0 Å². The summed E-state index contributed by atoms with van der Waals surface area (Å²) in [4.78, 5) is 36.4. The standard InChI is InChI=1S/C27H30N2O6/c30-24(31)13-23(16-9-10-16)29-26(32)25-17(11-12-34-25)14-28-27(33)35-15-22-20-7-3-1-5-18(20)19-6-2-4-8-21(19)22/h1-8,16-17,22-23,25H,9-15H2,(H,28,33)(H,29,32)(H,30,31)/t17-,23?,25-/m0/s1. The Labute approximate surface area is 204 Å². The summed E-state index contributed by atoms with van der Waals surface area (Å²) in [5.74, 6) is -1.23. The normalized spacial score (nSPS) is 21.6. The maximum atomic E-state index is 12.8. The van der Waals surface area contributed by atoms with Crippen LogP contribution >= 0.6 is 0 Å². The van der Waals surface area contributed by atoms with Crippen molar-refractivity contribution < 1.29 is 29.0 Å². The predicted octanol–water partition coefficient (Wildman–Crippen LogP) is 3.30. The second-order valence-corrected chi connectivity index (χ2v) is 9.60. The number of hydrogen-bond donors (Lipinski definition) is 3. The number of amides is 2. The summed E-state index contributed by atoms with van der Waals surface area (Å²) in [6.07, 6.45) is 1.16. The van der Waals surface area contributed by atoms with Crippen LogP contribution in [0, 0.1) is 11.8 Å². The Hall–Kier alpha value is -3.39. The molecule has 8 heteroatoms. The molecule has 5 rings (SSSR count). The molecule has 3 atom stereocenters. The maximum Gasteiger partial charge on any atom is 0.407 e. The van der Waals surface area contributed by atoms with Crippen LogP contribution in [0.3, 0.4) is 0 Å². The van der Waals surface area contributed by atoms with E-state index < -0.39 is 18.2 Å². The minimum Gasteiger partial charge on any atom is -0.481 e. The van der Waals surface area contributed by atoms with E-state index >= 15 is 0 Å². The summed E-state index contributed by atoms with van der Waals surface area (Å²) >= 11 is 0. The molecule has 0 spiro atoms. The first kappa shape index (κ1) is 23.4. The van der Waals surface area contributed by atoms with Crippen LogP contribution in [-0.2, 0) is 19.1 Å². The van der Waals surface area contributed by atoms with Crippen LogP contribution in [0.15, 0.2) is 48.5 Å². The quantitative estimate of drug-likeness (QED) is 0.510. The summed E-state index contributed by atoms with van der Waals surface area (Å²) < 4.78 is 11.2. The second-order valence-electron chi connectivity index (χ2n) is 9.60. The summed E-state index contributed by atoms with van der Waals surface area (Å²) in [6, 6.07) is 15.9. The molecule has 3 N–H and O–H groups in total. The van der Waals surface area contributed by atoms with Gasteiger partial charge in [-0.25, -0.2) is 4.79 Å². The minimum atomic E-state index is -0.928. The van der Waals surface area contributed by atoms with Gasteiger partial charge in [0.15, 0.2) is 0 Å². The number of alkyl carbamates (subject to hydrolysis) is 1. The van der Waals surface area contributed by atoms with Crippen molar-refractivity contribution in [3.8, 4) is 11.1 Å². The molecule has 35 heavy (non-hydrogen) atoms. The van der Waals surface area contributed by atoms with E-state index in [2.05, 4.69) is 34.9 Å². The van der Waals surface area contributed by atoms with Crippen LogP contribution in [0.2, 0.25) is 0 Å². The van der Waals surface area contributed by atoms with Crippen molar-refractivity contribution in [2.45, 2.75) is 43.7 Å². The molecule has 0 aromatic heterocycles. The molecule has 1 aliphatic heterocycles. The molecule has 1 saturated carbocycles. The van der Waals surface area contributed by atoms with Crippen LogP contribution in [0.4, 0.5) is 4.79 Å². The Morgan fingerprint density at radius 1 is 1.00 bits per heavy atom. The van der Waals surface area contributed by atoms with E-state index in [1.165, 1.54) is 11.1 Å². The number of aliphatic carboxylic acids is 1. The number of nitrogens with one attached hydrogen (secondary N) is 2. The molecule has 2 aromatic rings. The van der Waals surface area contributed by atoms with Crippen LogP contribution in [-0.4, -0.2) is 55.0 Å². The molecule has 0 radical (unpaired) electrons. The molecule has 184 valence electrons. The molecule has 1 heterocycles. The van der Waals surface area contributed by atoms with E-state index in [4.69, 9.17) is 14.6 Å². The molecule has 2 aromatic carbocycles. The van der Waals surface area contributed by atoms with Crippen molar-refractivity contribution >= 4 is 18.0 Å². The van der Waals surface area contributed by atoms with Gasteiger partial charge in [-0.05, 0) is 47.4 Å². The molecule has 2 aliphatic carbocycles. The lowest BCUT2D eigenvalue weighted by molar-refractivity contribution is -0.138. The summed E-state index contributed by atoms with van der Waals surface area (Å²) in [5.41, 5.74) is 4.63. The van der Waals surface area contributed by atoms with Crippen molar-refractivity contribution in [1.82, 2.24) is 10.6 Å². The first-order chi connectivity index (χ1) is 17.0. The third kappa shape index (κ3) is 5.17. The van der Waals surface area contributed by atoms with Crippen LogP contribution in [0.1, 0.15) is 42.7 Å². The smallest absolute Gasteiger partial charge is 0.407 e. The molecule has 1 unspecified atom stereocenters. The molecule has 2 amide bonds. The Morgan fingerprint density at radius 2 is 1.66 bits per heavy atom. The third-order valence-corrected chi connectivity index (χ3v) is 7.24. The molecule has 0 bridgehead atoms. The first-order valence-corrected chi connectivity index (χ1v) is 12.2. The monoisotopic (exact) mass is 478 g/mol. The zero-order chi connectivity index (χ0) is 24.4. The Kier molecular flexibility index (Phi) is 6.72. The van der Waals surface area contributed by atoms with Crippen LogP contribution in [0.25, 0.3) is 11.1 Å². The highest BCUT2D eigenvalue weighted by Crippen LogP contribution is 2.44. The minimum absolute atomic E-state index is 0.0184. The van der Waals surface area contributed by atoms with Gasteiger partial charge >= 0.3 is 12.1 Å². The van der Waals surface area contributed by atoms with Gasteiger partial charge in [-0.15, -0.1) is 0 Å². The Bertz CT molecular complexity index is 1070. The number of carbonyl (C=O) groups excluding carboxylic acids is 2. The molecular weight excluding hydrogens is 448 g/mol. The first-order valence-electron chi connectivity index (χ1n) is 12.2. The number of carbonyl (C=O) groups is 3. The lowest BCUT2D eigenvalue weighted by atomic mass is 9.98. The fraction of sp³-hybridized carbons (Fsp3) is 0.444. The molecule has 8 nitrogen and oxygen atoms in total. The molecule has 1 saturated heterocycles. The highest BCUT2D eigenvalue weighted by molar-refractivity contribution is 5.82. The largest absolute Gasteiger partial charge is 0.481 e. The predicted molar refractivity (Wildman–Crippen MR) is 128 cm³/mol. The van der Waals surface area contributed by atoms with Gasteiger partial charge in [0, 0.05) is 31.0 Å². The van der Waals surface area contributed by atoms with E-state index in [-0.39, 0.29) is 49.3 Å². The SMILES string of the molecule is O=C(O)CC(NC(=O)[C@H]1OCC[C@H]1CNC(=O)OCC1c2ccccc2-c2ccccc21)C1CC1. The van der Waals surface area contributed by atoms with E-state index in [1.54, 1.807) is 0 Å². The van der Waals surface area contributed by atoms with Gasteiger partial charge < -0.3 is 25.2 Å². The van der Waals surface area contributed by atoms with Crippen molar-refractivity contribution in [1.29, 1.82) is 0 Å². The highest BCUT2D eigenvalue weighted by Gasteiger charge is 2.39.